The first-order chi connectivity index (χ1) is 13.4. The molecule has 0 fully saturated rings. The molecule has 1 aromatic heterocycles. The summed E-state index contributed by atoms with van der Waals surface area (Å²) in [4.78, 5) is 13.3. The van der Waals surface area contributed by atoms with Crippen LogP contribution in [0.1, 0.15) is 29.2 Å². The largest absolute Gasteiger partial charge is 0.493 e. The molecule has 1 atom stereocenters. The molecule has 1 heterocycles. The van der Waals surface area contributed by atoms with Crippen LogP contribution in [0.2, 0.25) is 0 Å². The first-order valence-corrected chi connectivity index (χ1v) is 9.56. The lowest BCUT2D eigenvalue weighted by Gasteiger charge is -2.17. The third kappa shape index (κ3) is 4.20. The molecule has 0 spiro atoms. The van der Waals surface area contributed by atoms with Crippen molar-refractivity contribution in [3.8, 4) is 11.5 Å². The second kappa shape index (κ2) is 8.48. The Balaban J connectivity index is 1.85. The van der Waals surface area contributed by atoms with Crippen LogP contribution in [0.15, 0.2) is 45.6 Å². The van der Waals surface area contributed by atoms with Crippen LogP contribution in [0.5, 0.6) is 11.5 Å². The maximum Gasteiger partial charge on any atom is 0.336 e. The van der Waals surface area contributed by atoms with E-state index >= 15 is 0 Å². The van der Waals surface area contributed by atoms with Gasteiger partial charge in [-0.3, -0.25) is 0 Å². The van der Waals surface area contributed by atoms with Crippen molar-refractivity contribution in [1.29, 1.82) is 0 Å². The Morgan fingerprint density at radius 1 is 1.04 bits per heavy atom. The van der Waals surface area contributed by atoms with Crippen molar-refractivity contribution in [3.63, 3.8) is 0 Å². The Hall–Kier alpha value is -2.79. The second-order valence-electron chi connectivity index (χ2n) is 7.20. The number of rotatable bonds is 7. The van der Waals surface area contributed by atoms with Crippen molar-refractivity contribution in [1.82, 2.24) is 0 Å². The molecular formula is C23H28NO4+. The Morgan fingerprint density at radius 3 is 2.54 bits per heavy atom. The Morgan fingerprint density at radius 2 is 1.82 bits per heavy atom. The Kier molecular flexibility index (Phi) is 6.05. The van der Waals surface area contributed by atoms with E-state index in [1.807, 2.05) is 39.0 Å². The number of ether oxygens (including phenoxy) is 2. The van der Waals surface area contributed by atoms with E-state index in [0.717, 1.165) is 52.2 Å². The van der Waals surface area contributed by atoms with Crippen LogP contribution in [0.3, 0.4) is 0 Å². The van der Waals surface area contributed by atoms with Gasteiger partial charge in [-0.2, -0.15) is 0 Å². The van der Waals surface area contributed by atoms with Crippen LogP contribution in [-0.4, -0.2) is 20.8 Å². The summed E-state index contributed by atoms with van der Waals surface area (Å²) in [5.41, 5.74) is 4.69. The topological polar surface area (TPSA) is 53.1 Å². The van der Waals surface area contributed by atoms with Crippen molar-refractivity contribution in [2.75, 3.05) is 20.8 Å². The fourth-order valence-electron chi connectivity index (χ4n) is 3.50. The van der Waals surface area contributed by atoms with Crippen molar-refractivity contribution in [2.24, 2.45) is 0 Å². The van der Waals surface area contributed by atoms with Gasteiger partial charge in [0, 0.05) is 22.6 Å². The summed E-state index contributed by atoms with van der Waals surface area (Å²) in [6, 6.07) is 11.8. The van der Waals surface area contributed by atoms with E-state index in [0.29, 0.717) is 12.2 Å². The highest BCUT2D eigenvalue weighted by Crippen LogP contribution is 2.28. The van der Waals surface area contributed by atoms with Crippen molar-refractivity contribution in [3.05, 3.63) is 69.1 Å². The molecule has 28 heavy (non-hydrogen) atoms. The monoisotopic (exact) mass is 382 g/mol. The van der Waals surface area contributed by atoms with Gasteiger partial charge >= 0.3 is 5.63 Å². The van der Waals surface area contributed by atoms with Gasteiger partial charge in [0.15, 0.2) is 11.5 Å². The third-order valence-electron chi connectivity index (χ3n) is 5.04. The van der Waals surface area contributed by atoms with E-state index in [1.54, 1.807) is 13.2 Å². The Labute approximate surface area is 165 Å². The molecule has 0 bridgehead atoms. The standard InChI is InChI=1S/C23H27NO4/c1-6-27-20-10-8-17(11-21(20)26-5)13-24(4)14-18-12-22(25)28-23-16(3)15(2)7-9-19(18)23/h7-12H,6,13-14H2,1-5H3/p+1. The lowest BCUT2D eigenvalue weighted by atomic mass is 10.0. The van der Waals surface area contributed by atoms with Gasteiger partial charge in [0.1, 0.15) is 18.7 Å². The number of hydrogen-bond donors (Lipinski definition) is 1. The molecule has 3 rings (SSSR count). The number of nitrogens with one attached hydrogen (secondary N) is 1. The number of aryl methyl sites for hydroxylation is 2. The summed E-state index contributed by atoms with van der Waals surface area (Å²) in [6.07, 6.45) is 0. The Bertz CT molecular complexity index is 1040. The van der Waals surface area contributed by atoms with Crippen LogP contribution < -0.4 is 20.0 Å². The van der Waals surface area contributed by atoms with Gasteiger partial charge in [-0.25, -0.2) is 4.79 Å². The zero-order chi connectivity index (χ0) is 20.3. The normalized spacial score (nSPS) is 12.2. The molecule has 148 valence electrons. The molecule has 0 aliphatic rings. The summed E-state index contributed by atoms with van der Waals surface area (Å²) >= 11 is 0. The average molecular weight is 382 g/mol. The third-order valence-corrected chi connectivity index (χ3v) is 5.04. The van der Waals surface area contributed by atoms with E-state index in [2.05, 4.69) is 19.2 Å². The highest BCUT2D eigenvalue weighted by molar-refractivity contribution is 5.83. The summed E-state index contributed by atoms with van der Waals surface area (Å²) in [5, 5.41) is 1.01. The molecular weight excluding hydrogens is 354 g/mol. The fourth-order valence-corrected chi connectivity index (χ4v) is 3.50. The predicted octanol–water partition coefficient (Wildman–Crippen LogP) is 3.03. The average Bonchev–Trinajstić information content (AvgIpc) is 2.66. The van der Waals surface area contributed by atoms with E-state index in [4.69, 9.17) is 13.9 Å². The fraction of sp³-hybridized carbons (Fsp3) is 0.348. The molecule has 0 aliphatic carbocycles. The maximum absolute atomic E-state index is 12.1. The van der Waals surface area contributed by atoms with Crippen LogP contribution in [0, 0.1) is 13.8 Å². The molecule has 2 aromatic carbocycles. The second-order valence-corrected chi connectivity index (χ2v) is 7.20. The van der Waals surface area contributed by atoms with Gasteiger partial charge in [-0.1, -0.05) is 12.1 Å². The lowest BCUT2D eigenvalue weighted by molar-refractivity contribution is -0.907. The maximum atomic E-state index is 12.1. The van der Waals surface area contributed by atoms with Crippen molar-refractivity contribution < 1.29 is 18.8 Å². The molecule has 3 aromatic rings. The van der Waals surface area contributed by atoms with E-state index < -0.39 is 0 Å². The van der Waals surface area contributed by atoms with Gasteiger partial charge in [0.2, 0.25) is 0 Å². The first-order valence-electron chi connectivity index (χ1n) is 9.56. The van der Waals surface area contributed by atoms with E-state index in [9.17, 15) is 4.79 Å². The minimum atomic E-state index is -0.299. The number of fused-ring (bicyclic) bond motifs is 1. The molecule has 0 aliphatic heterocycles. The highest BCUT2D eigenvalue weighted by Gasteiger charge is 2.14. The molecule has 1 unspecified atom stereocenters. The zero-order valence-electron chi connectivity index (χ0n) is 17.2. The predicted molar refractivity (Wildman–Crippen MR) is 110 cm³/mol. The van der Waals surface area contributed by atoms with Crippen LogP contribution >= 0.6 is 0 Å². The zero-order valence-corrected chi connectivity index (χ0v) is 17.2. The van der Waals surface area contributed by atoms with Gasteiger partial charge < -0.3 is 18.8 Å². The SMILES string of the molecule is CCOc1ccc(C[NH+](C)Cc2cc(=O)oc3c(C)c(C)ccc23)cc1OC. The first kappa shape index (κ1) is 20.0. The minimum absolute atomic E-state index is 0.299. The molecule has 5 nitrogen and oxygen atoms in total. The van der Waals surface area contributed by atoms with E-state index in [1.165, 1.54) is 4.90 Å². The quantitative estimate of drug-likeness (QED) is 0.638. The summed E-state index contributed by atoms with van der Waals surface area (Å²) in [6.45, 7) is 8.10. The summed E-state index contributed by atoms with van der Waals surface area (Å²) in [5.74, 6) is 1.49. The van der Waals surface area contributed by atoms with Gasteiger partial charge in [-0.05, 0) is 50.1 Å². The minimum Gasteiger partial charge on any atom is -0.493 e. The molecule has 5 heteroatoms. The molecule has 1 N–H and O–H groups in total. The van der Waals surface area contributed by atoms with E-state index in [-0.39, 0.29) is 5.63 Å². The molecule has 0 saturated heterocycles. The number of hydrogen-bond acceptors (Lipinski definition) is 4. The number of benzene rings is 2. The summed E-state index contributed by atoms with van der Waals surface area (Å²) in [7, 11) is 3.77. The molecule has 0 saturated carbocycles. The smallest absolute Gasteiger partial charge is 0.336 e. The number of quaternary nitrogens is 1. The number of methoxy groups -OCH3 is 1. The van der Waals surface area contributed by atoms with Gasteiger partial charge in [0.25, 0.3) is 0 Å². The van der Waals surface area contributed by atoms with Crippen LogP contribution in [0.25, 0.3) is 11.0 Å². The lowest BCUT2D eigenvalue weighted by Crippen LogP contribution is -3.06. The van der Waals surface area contributed by atoms with Gasteiger partial charge in [0.05, 0.1) is 20.8 Å². The van der Waals surface area contributed by atoms with Crippen LogP contribution in [0.4, 0.5) is 0 Å². The van der Waals surface area contributed by atoms with Gasteiger partial charge in [-0.15, -0.1) is 0 Å². The van der Waals surface area contributed by atoms with Crippen molar-refractivity contribution >= 4 is 11.0 Å². The summed E-state index contributed by atoms with van der Waals surface area (Å²) < 4.78 is 16.5. The molecule has 0 amide bonds. The van der Waals surface area contributed by atoms with Crippen molar-refractivity contribution in [2.45, 2.75) is 33.9 Å². The van der Waals surface area contributed by atoms with Crippen LogP contribution in [-0.2, 0) is 13.1 Å². The molecule has 0 radical (unpaired) electrons. The highest BCUT2D eigenvalue weighted by atomic mass is 16.5.